The second-order valence-corrected chi connectivity index (χ2v) is 9.64. The van der Waals surface area contributed by atoms with Gasteiger partial charge in [-0.25, -0.2) is 0 Å². The zero-order valence-electron chi connectivity index (χ0n) is 22.4. The number of rotatable bonds is 8. The molecule has 2 amide bonds. The molecule has 0 aliphatic carbocycles. The summed E-state index contributed by atoms with van der Waals surface area (Å²) in [7, 11) is 3.05. The van der Waals surface area contributed by atoms with E-state index < -0.39 is 12.1 Å². The van der Waals surface area contributed by atoms with Crippen LogP contribution in [0.15, 0.2) is 96.2 Å². The summed E-state index contributed by atoms with van der Waals surface area (Å²) in [6, 6.07) is 27.7. The van der Waals surface area contributed by atoms with Crippen LogP contribution < -0.4 is 10.1 Å². The van der Waals surface area contributed by atoms with Crippen LogP contribution in [0.1, 0.15) is 28.4 Å². The third-order valence-electron chi connectivity index (χ3n) is 7.12. The second kappa shape index (κ2) is 12.0. The SMILES string of the molecule is CO/N=C1/C[C@@H](C(=O)NCC(O)c2ccc3ccccc3c2)N(C(=O)c2ccc(-c3ccccc3OC)cc2)C1. The van der Waals surface area contributed by atoms with Gasteiger partial charge < -0.3 is 24.9 Å². The highest BCUT2D eigenvalue weighted by atomic mass is 16.6. The standard InChI is InChI=1S/C32H31N3O5/c1-39-30-10-6-5-9-27(30)22-12-14-23(15-13-22)32(38)35-20-26(34-40-2)18-28(35)31(37)33-19-29(36)25-16-11-21-7-3-4-8-24(21)17-25/h3-17,28-29,36H,18-20H2,1-2H3,(H,33,37)/b34-26-/t28-,29?/m0/s1. The van der Waals surface area contributed by atoms with Gasteiger partial charge in [0.1, 0.15) is 18.9 Å². The Morgan fingerprint density at radius 3 is 2.45 bits per heavy atom. The van der Waals surface area contributed by atoms with Crippen LogP contribution in [-0.2, 0) is 9.63 Å². The Balaban J connectivity index is 1.30. The lowest BCUT2D eigenvalue weighted by molar-refractivity contribution is -0.125. The molecule has 204 valence electrons. The van der Waals surface area contributed by atoms with Crippen molar-refractivity contribution in [2.24, 2.45) is 5.16 Å². The number of aliphatic hydroxyl groups excluding tert-OH is 1. The smallest absolute Gasteiger partial charge is 0.254 e. The highest BCUT2D eigenvalue weighted by Crippen LogP contribution is 2.30. The topological polar surface area (TPSA) is 100 Å². The Labute approximate surface area is 232 Å². The average Bonchev–Trinajstić information content (AvgIpc) is 3.43. The molecule has 1 fully saturated rings. The van der Waals surface area contributed by atoms with E-state index in [-0.39, 0.29) is 31.3 Å². The van der Waals surface area contributed by atoms with Gasteiger partial charge in [0.05, 0.1) is 25.5 Å². The number of aliphatic hydroxyl groups is 1. The van der Waals surface area contributed by atoms with Crippen LogP contribution in [0.2, 0.25) is 0 Å². The molecule has 8 heteroatoms. The molecule has 1 aliphatic heterocycles. The van der Waals surface area contributed by atoms with Crippen molar-refractivity contribution in [1.82, 2.24) is 10.2 Å². The van der Waals surface area contributed by atoms with Crippen molar-refractivity contribution in [2.45, 2.75) is 18.6 Å². The minimum absolute atomic E-state index is 0.0140. The van der Waals surface area contributed by atoms with Gasteiger partial charge in [0.15, 0.2) is 0 Å². The number of nitrogens with one attached hydrogen (secondary N) is 1. The maximum absolute atomic E-state index is 13.5. The summed E-state index contributed by atoms with van der Waals surface area (Å²) in [6.07, 6.45) is -0.648. The molecule has 0 spiro atoms. The molecule has 4 aromatic carbocycles. The van der Waals surface area contributed by atoms with Crippen molar-refractivity contribution in [2.75, 3.05) is 27.3 Å². The van der Waals surface area contributed by atoms with E-state index >= 15 is 0 Å². The number of para-hydroxylation sites is 1. The second-order valence-electron chi connectivity index (χ2n) is 9.64. The number of oxime groups is 1. The molecule has 1 unspecified atom stereocenters. The first kappa shape index (κ1) is 26.9. The Hall–Kier alpha value is -4.69. The predicted molar refractivity (Wildman–Crippen MR) is 154 cm³/mol. The fourth-order valence-electron chi connectivity index (χ4n) is 5.04. The average molecular weight is 538 g/mol. The van der Waals surface area contributed by atoms with E-state index in [1.54, 1.807) is 19.2 Å². The van der Waals surface area contributed by atoms with E-state index in [1.165, 1.54) is 12.0 Å². The van der Waals surface area contributed by atoms with E-state index in [4.69, 9.17) is 9.57 Å². The maximum Gasteiger partial charge on any atom is 0.254 e. The van der Waals surface area contributed by atoms with E-state index in [2.05, 4.69) is 10.5 Å². The number of carbonyl (C=O) groups is 2. The molecule has 2 atom stereocenters. The van der Waals surface area contributed by atoms with Gasteiger partial charge in [0.25, 0.3) is 5.91 Å². The molecule has 40 heavy (non-hydrogen) atoms. The molecule has 8 nitrogen and oxygen atoms in total. The minimum atomic E-state index is -0.895. The van der Waals surface area contributed by atoms with Gasteiger partial charge in [-0.3, -0.25) is 9.59 Å². The fourth-order valence-corrected chi connectivity index (χ4v) is 5.04. The van der Waals surface area contributed by atoms with Crippen LogP contribution in [-0.4, -0.2) is 60.9 Å². The molecule has 0 bridgehead atoms. The summed E-state index contributed by atoms with van der Waals surface area (Å²) in [5.41, 5.74) is 3.58. The summed E-state index contributed by atoms with van der Waals surface area (Å²) < 4.78 is 5.46. The fraction of sp³-hybridized carbons (Fsp3) is 0.219. The van der Waals surface area contributed by atoms with E-state index in [0.29, 0.717) is 16.8 Å². The normalized spacial score (nSPS) is 16.6. The first-order valence-corrected chi connectivity index (χ1v) is 13.1. The van der Waals surface area contributed by atoms with Gasteiger partial charge in [0.2, 0.25) is 5.91 Å². The summed E-state index contributed by atoms with van der Waals surface area (Å²) in [5, 5.41) is 19.7. The molecular formula is C32H31N3O5. The Morgan fingerprint density at radius 2 is 1.70 bits per heavy atom. The van der Waals surface area contributed by atoms with Gasteiger partial charge in [-0.2, -0.15) is 0 Å². The number of hydrogen-bond donors (Lipinski definition) is 2. The molecule has 1 heterocycles. The largest absolute Gasteiger partial charge is 0.496 e. The number of hydrogen-bond acceptors (Lipinski definition) is 6. The maximum atomic E-state index is 13.5. The molecule has 0 saturated carbocycles. The summed E-state index contributed by atoms with van der Waals surface area (Å²) in [4.78, 5) is 33.2. The molecule has 2 N–H and O–H groups in total. The highest BCUT2D eigenvalue weighted by Gasteiger charge is 2.38. The van der Waals surface area contributed by atoms with E-state index in [1.807, 2.05) is 78.9 Å². The number of nitrogens with zero attached hydrogens (tertiary/aromatic N) is 2. The van der Waals surface area contributed by atoms with Crippen LogP contribution in [0.5, 0.6) is 5.75 Å². The Kier molecular flexibility index (Phi) is 8.07. The molecule has 1 saturated heterocycles. The molecule has 5 rings (SSSR count). The van der Waals surface area contributed by atoms with Gasteiger partial charge >= 0.3 is 0 Å². The Morgan fingerprint density at radius 1 is 0.975 bits per heavy atom. The van der Waals surface area contributed by atoms with Gasteiger partial charge in [-0.05, 0) is 46.2 Å². The number of benzene rings is 4. The number of amides is 2. The third kappa shape index (κ3) is 5.67. The zero-order valence-corrected chi connectivity index (χ0v) is 22.4. The lowest BCUT2D eigenvalue weighted by Crippen LogP contribution is -2.46. The third-order valence-corrected chi connectivity index (χ3v) is 7.12. The van der Waals surface area contributed by atoms with E-state index in [9.17, 15) is 14.7 Å². The highest BCUT2D eigenvalue weighted by molar-refractivity contribution is 6.05. The number of likely N-dealkylation sites (tertiary alicyclic amines) is 1. The number of fused-ring (bicyclic) bond motifs is 1. The summed E-state index contributed by atoms with van der Waals surface area (Å²) >= 11 is 0. The Bertz CT molecular complexity index is 1550. The lowest BCUT2D eigenvalue weighted by atomic mass is 10.0. The van der Waals surface area contributed by atoms with Crippen molar-refractivity contribution in [3.8, 4) is 16.9 Å². The molecular weight excluding hydrogens is 506 g/mol. The molecule has 0 aromatic heterocycles. The monoisotopic (exact) mass is 537 g/mol. The quantitative estimate of drug-likeness (QED) is 0.321. The van der Waals surface area contributed by atoms with Crippen LogP contribution in [0.4, 0.5) is 0 Å². The van der Waals surface area contributed by atoms with Crippen molar-refractivity contribution < 1.29 is 24.3 Å². The summed E-state index contributed by atoms with van der Waals surface area (Å²) in [6.45, 7) is 0.187. The van der Waals surface area contributed by atoms with Crippen LogP contribution >= 0.6 is 0 Å². The number of carbonyl (C=O) groups excluding carboxylic acids is 2. The summed E-state index contributed by atoms with van der Waals surface area (Å²) in [5.74, 6) is 0.0902. The van der Waals surface area contributed by atoms with Crippen molar-refractivity contribution >= 4 is 28.3 Å². The van der Waals surface area contributed by atoms with Crippen LogP contribution in [0.25, 0.3) is 21.9 Å². The van der Waals surface area contributed by atoms with E-state index in [0.717, 1.165) is 27.6 Å². The van der Waals surface area contributed by atoms with Gasteiger partial charge in [-0.15, -0.1) is 0 Å². The van der Waals surface area contributed by atoms with Crippen LogP contribution in [0, 0.1) is 0 Å². The molecule has 4 aromatic rings. The first-order valence-electron chi connectivity index (χ1n) is 13.1. The molecule has 0 radical (unpaired) electrons. The number of ether oxygens (including phenoxy) is 1. The van der Waals surface area contributed by atoms with Gasteiger partial charge in [-0.1, -0.05) is 71.9 Å². The predicted octanol–water partition coefficient (Wildman–Crippen LogP) is 4.58. The van der Waals surface area contributed by atoms with Crippen molar-refractivity contribution in [3.63, 3.8) is 0 Å². The molecule has 1 aliphatic rings. The zero-order chi connectivity index (χ0) is 28.1. The van der Waals surface area contributed by atoms with Crippen LogP contribution in [0.3, 0.4) is 0 Å². The lowest BCUT2D eigenvalue weighted by Gasteiger charge is -2.24. The van der Waals surface area contributed by atoms with Crippen molar-refractivity contribution in [1.29, 1.82) is 0 Å². The van der Waals surface area contributed by atoms with Crippen molar-refractivity contribution in [3.05, 3.63) is 102 Å². The minimum Gasteiger partial charge on any atom is -0.496 e. The first-order chi connectivity index (χ1) is 19.5. The van der Waals surface area contributed by atoms with Gasteiger partial charge in [0, 0.05) is 24.1 Å². The number of methoxy groups -OCH3 is 1.